The van der Waals surface area contributed by atoms with Crippen molar-refractivity contribution in [3.05, 3.63) is 42.9 Å². The maximum atomic E-state index is 12.6. The van der Waals surface area contributed by atoms with Crippen LogP contribution in [0.5, 0.6) is 0 Å². The van der Waals surface area contributed by atoms with Gasteiger partial charge in [0.2, 0.25) is 5.91 Å². The molecule has 0 spiro atoms. The van der Waals surface area contributed by atoms with E-state index in [1.54, 1.807) is 12.5 Å². The van der Waals surface area contributed by atoms with Gasteiger partial charge < -0.3 is 13.9 Å². The molecule has 1 amide bonds. The first-order chi connectivity index (χ1) is 10.3. The number of hydrogen-bond donors (Lipinski definition) is 0. The zero-order chi connectivity index (χ0) is 14.2. The summed E-state index contributed by atoms with van der Waals surface area (Å²) >= 11 is 0. The van der Waals surface area contributed by atoms with E-state index in [0.29, 0.717) is 17.9 Å². The van der Waals surface area contributed by atoms with E-state index >= 15 is 0 Å². The number of aromatic nitrogens is 2. The standard InChI is InChI=1S/C16H19N3O2/c20-16(14-9-13(14)15-4-2-8-21-15)18-6-1-3-12(10-18)19-7-5-17-11-19/h2,4-5,7-8,11-14H,1,3,6,9-10H2. The lowest BCUT2D eigenvalue weighted by atomic mass is 10.0. The van der Waals surface area contributed by atoms with Crippen molar-refractivity contribution in [3.8, 4) is 0 Å². The summed E-state index contributed by atoms with van der Waals surface area (Å²) in [5, 5.41) is 0. The van der Waals surface area contributed by atoms with Crippen LogP contribution >= 0.6 is 0 Å². The third kappa shape index (κ3) is 2.37. The molecule has 3 unspecified atom stereocenters. The number of carbonyl (C=O) groups is 1. The summed E-state index contributed by atoms with van der Waals surface area (Å²) in [5.74, 6) is 1.66. The summed E-state index contributed by atoms with van der Waals surface area (Å²) in [5.41, 5.74) is 0. The maximum Gasteiger partial charge on any atom is 0.226 e. The van der Waals surface area contributed by atoms with Crippen LogP contribution in [0.15, 0.2) is 41.5 Å². The van der Waals surface area contributed by atoms with E-state index in [4.69, 9.17) is 4.42 Å². The van der Waals surface area contributed by atoms with Crippen molar-refractivity contribution in [2.75, 3.05) is 13.1 Å². The fourth-order valence-corrected chi connectivity index (χ4v) is 3.40. The van der Waals surface area contributed by atoms with Crippen molar-refractivity contribution >= 4 is 5.91 Å². The van der Waals surface area contributed by atoms with Crippen LogP contribution in [0.25, 0.3) is 0 Å². The highest BCUT2D eigenvalue weighted by atomic mass is 16.3. The van der Waals surface area contributed by atoms with Crippen molar-refractivity contribution < 1.29 is 9.21 Å². The molecule has 0 bridgehead atoms. The molecule has 2 aliphatic rings. The van der Waals surface area contributed by atoms with E-state index in [1.807, 2.05) is 29.6 Å². The minimum atomic E-state index is 0.123. The molecular formula is C16H19N3O2. The zero-order valence-corrected chi connectivity index (χ0v) is 11.9. The number of imidazole rings is 1. The molecule has 1 aliphatic carbocycles. The van der Waals surface area contributed by atoms with Crippen molar-refractivity contribution in [3.63, 3.8) is 0 Å². The molecular weight excluding hydrogens is 266 g/mol. The number of nitrogens with zero attached hydrogens (tertiary/aromatic N) is 3. The second kappa shape index (κ2) is 5.06. The smallest absolute Gasteiger partial charge is 0.226 e. The van der Waals surface area contributed by atoms with Gasteiger partial charge in [-0.25, -0.2) is 4.98 Å². The van der Waals surface area contributed by atoms with Gasteiger partial charge >= 0.3 is 0 Å². The highest BCUT2D eigenvalue weighted by molar-refractivity contribution is 5.83. The van der Waals surface area contributed by atoms with Gasteiger partial charge in [-0.2, -0.15) is 0 Å². The van der Waals surface area contributed by atoms with Gasteiger partial charge in [0.1, 0.15) is 5.76 Å². The van der Waals surface area contributed by atoms with E-state index < -0.39 is 0 Å². The SMILES string of the molecule is O=C(C1CC1c1ccco1)N1CCCC(n2ccnc2)C1. The predicted molar refractivity (Wildman–Crippen MR) is 76.6 cm³/mol. The first kappa shape index (κ1) is 12.7. The average molecular weight is 285 g/mol. The molecule has 3 atom stereocenters. The van der Waals surface area contributed by atoms with Gasteiger partial charge in [-0.3, -0.25) is 4.79 Å². The largest absolute Gasteiger partial charge is 0.469 e. The van der Waals surface area contributed by atoms with Crippen LogP contribution in [-0.2, 0) is 4.79 Å². The van der Waals surface area contributed by atoms with Crippen LogP contribution < -0.4 is 0 Å². The van der Waals surface area contributed by atoms with Gasteiger partial charge in [-0.15, -0.1) is 0 Å². The van der Waals surface area contributed by atoms with Gasteiger partial charge in [-0.05, 0) is 31.4 Å². The Bertz CT molecular complexity index is 606. The minimum Gasteiger partial charge on any atom is -0.469 e. The third-order valence-corrected chi connectivity index (χ3v) is 4.67. The molecule has 2 aromatic heterocycles. The number of rotatable bonds is 3. The molecule has 21 heavy (non-hydrogen) atoms. The molecule has 110 valence electrons. The number of likely N-dealkylation sites (tertiary alicyclic amines) is 1. The lowest BCUT2D eigenvalue weighted by molar-refractivity contribution is -0.134. The Morgan fingerprint density at radius 3 is 3.14 bits per heavy atom. The normalized spacial score (nSPS) is 28.6. The van der Waals surface area contributed by atoms with Crippen molar-refractivity contribution in [2.24, 2.45) is 5.92 Å². The third-order valence-electron chi connectivity index (χ3n) is 4.67. The first-order valence-electron chi connectivity index (χ1n) is 7.62. The van der Waals surface area contributed by atoms with E-state index in [0.717, 1.165) is 38.1 Å². The Balaban J connectivity index is 1.41. The minimum absolute atomic E-state index is 0.123. The molecule has 0 N–H and O–H groups in total. The summed E-state index contributed by atoms with van der Waals surface area (Å²) in [6, 6.07) is 4.24. The van der Waals surface area contributed by atoms with Crippen LogP contribution in [0.2, 0.25) is 0 Å². The molecule has 5 nitrogen and oxygen atoms in total. The second-order valence-electron chi connectivity index (χ2n) is 6.05. The van der Waals surface area contributed by atoms with Crippen LogP contribution in [0.3, 0.4) is 0 Å². The number of carbonyl (C=O) groups excluding carboxylic acids is 1. The quantitative estimate of drug-likeness (QED) is 0.870. The summed E-state index contributed by atoms with van der Waals surface area (Å²) in [4.78, 5) is 18.8. The monoisotopic (exact) mass is 285 g/mol. The maximum absolute atomic E-state index is 12.6. The Morgan fingerprint density at radius 1 is 1.43 bits per heavy atom. The highest BCUT2D eigenvalue weighted by Crippen LogP contribution is 2.49. The van der Waals surface area contributed by atoms with Crippen LogP contribution in [0.4, 0.5) is 0 Å². The lowest BCUT2D eigenvalue weighted by Crippen LogP contribution is -2.41. The molecule has 2 aromatic rings. The Hall–Kier alpha value is -2.04. The predicted octanol–water partition coefficient (Wildman–Crippen LogP) is 2.44. The summed E-state index contributed by atoms with van der Waals surface area (Å²) < 4.78 is 7.54. The van der Waals surface area contributed by atoms with E-state index in [-0.39, 0.29) is 5.92 Å². The Morgan fingerprint density at radius 2 is 2.38 bits per heavy atom. The summed E-state index contributed by atoms with van der Waals surface area (Å²) in [7, 11) is 0. The van der Waals surface area contributed by atoms with Gasteiger partial charge in [-0.1, -0.05) is 0 Å². The molecule has 2 fully saturated rings. The van der Waals surface area contributed by atoms with Crippen molar-refractivity contribution in [2.45, 2.75) is 31.2 Å². The number of hydrogen-bond acceptors (Lipinski definition) is 3. The second-order valence-corrected chi connectivity index (χ2v) is 6.05. The number of piperidine rings is 1. The van der Waals surface area contributed by atoms with E-state index in [2.05, 4.69) is 9.55 Å². The fraction of sp³-hybridized carbons (Fsp3) is 0.500. The molecule has 3 heterocycles. The average Bonchev–Trinajstić information content (AvgIpc) is 2.98. The van der Waals surface area contributed by atoms with Gasteiger partial charge in [0.05, 0.1) is 18.6 Å². The molecule has 0 aromatic carbocycles. The topological polar surface area (TPSA) is 51.3 Å². The van der Waals surface area contributed by atoms with Crippen LogP contribution in [0.1, 0.15) is 37.0 Å². The summed E-state index contributed by atoms with van der Waals surface area (Å²) in [6.45, 7) is 1.68. The van der Waals surface area contributed by atoms with Crippen LogP contribution in [-0.4, -0.2) is 33.4 Å². The Labute approximate surface area is 123 Å². The molecule has 5 heteroatoms. The molecule has 1 aliphatic heterocycles. The zero-order valence-electron chi connectivity index (χ0n) is 11.9. The van der Waals surface area contributed by atoms with E-state index in [9.17, 15) is 4.79 Å². The van der Waals surface area contributed by atoms with Crippen molar-refractivity contribution in [1.29, 1.82) is 0 Å². The van der Waals surface area contributed by atoms with E-state index in [1.165, 1.54) is 0 Å². The molecule has 0 radical (unpaired) electrons. The molecule has 1 saturated carbocycles. The number of furan rings is 1. The van der Waals surface area contributed by atoms with Gasteiger partial charge in [0.15, 0.2) is 0 Å². The summed E-state index contributed by atoms with van der Waals surface area (Å²) in [6.07, 6.45) is 10.4. The Kier molecular flexibility index (Phi) is 3.05. The van der Waals surface area contributed by atoms with Gasteiger partial charge in [0, 0.05) is 37.3 Å². The number of amides is 1. The first-order valence-corrected chi connectivity index (χ1v) is 7.62. The van der Waals surface area contributed by atoms with Gasteiger partial charge in [0.25, 0.3) is 0 Å². The molecule has 4 rings (SSSR count). The highest BCUT2D eigenvalue weighted by Gasteiger charge is 2.48. The lowest BCUT2D eigenvalue weighted by Gasteiger charge is -2.33. The molecule has 1 saturated heterocycles. The van der Waals surface area contributed by atoms with Crippen molar-refractivity contribution in [1.82, 2.24) is 14.5 Å². The van der Waals surface area contributed by atoms with Crippen LogP contribution in [0, 0.1) is 5.92 Å². The fourth-order valence-electron chi connectivity index (χ4n) is 3.40.